The molecule has 0 N–H and O–H groups in total. The Morgan fingerprint density at radius 1 is 1.39 bits per heavy atom. The molecule has 0 spiro atoms. The number of aryl methyl sites for hydroxylation is 1. The number of hydrogen-bond donors (Lipinski definition) is 0. The molecule has 0 saturated carbocycles. The maximum absolute atomic E-state index is 5.70. The molecule has 98 valence electrons. The molecule has 0 unspecified atom stereocenters. The highest BCUT2D eigenvalue weighted by Gasteiger charge is 2.14. The lowest BCUT2D eigenvalue weighted by Gasteiger charge is -2.17. The monoisotopic (exact) mass is 281 g/mol. The second-order valence-corrected chi connectivity index (χ2v) is 6.20. The minimum atomic E-state index is 0.710. The van der Waals surface area contributed by atoms with Gasteiger partial charge in [0.1, 0.15) is 10.1 Å². The SMILES string of the molecule is Cc1cccc(OCCSC(=S)N2CCCC2)c1. The molecule has 0 atom stereocenters. The molecule has 1 aromatic rings. The van der Waals surface area contributed by atoms with E-state index in [0.717, 1.165) is 28.9 Å². The van der Waals surface area contributed by atoms with Crippen LogP contribution in [-0.2, 0) is 0 Å². The predicted molar refractivity (Wildman–Crippen MR) is 82.5 cm³/mol. The van der Waals surface area contributed by atoms with Crippen LogP contribution >= 0.6 is 24.0 Å². The van der Waals surface area contributed by atoms with E-state index in [1.165, 1.54) is 18.4 Å². The number of hydrogen-bond acceptors (Lipinski definition) is 3. The first-order valence-corrected chi connectivity index (χ1v) is 7.76. The summed E-state index contributed by atoms with van der Waals surface area (Å²) in [6.07, 6.45) is 2.56. The molecule has 0 amide bonds. The highest BCUT2D eigenvalue weighted by atomic mass is 32.2. The number of benzene rings is 1. The summed E-state index contributed by atoms with van der Waals surface area (Å²) in [5.74, 6) is 1.87. The number of rotatable bonds is 4. The number of thioether (sulfide) groups is 1. The van der Waals surface area contributed by atoms with E-state index < -0.39 is 0 Å². The van der Waals surface area contributed by atoms with E-state index in [1.807, 2.05) is 12.1 Å². The Bertz CT molecular complexity index is 403. The molecule has 0 bridgehead atoms. The molecule has 1 heterocycles. The summed E-state index contributed by atoms with van der Waals surface area (Å²) in [5, 5.41) is 0. The van der Waals surface area contributed by atoms with E-state index >= 15 is 0 Å². The Morgan fingerprint density at radius 3 is 2.89 bits per heavy atom. The first-order valence-electron chi connectivity index (χ1n) is 6.37. The Morgan fingerprint density at radius 2 is 2.17 bits per heavy atom. The summed E-state index contributed by atoms with van der Waals surface area (Å²) in [4.78, 5) is 2.30. The lowest BCUT2D eigenvalue weighted by molar-refractivity contribution is 0.344. The van der Waals surface area contributed by atoms with E-state index in [-0.39, 0.29) is 0 Å². The number of likely N-dealkylation sites (tertiary alicyclic amines) is 1. The van der Waals surface area contributed by atoms with Crippen molar-refractivity contribution in [3.8, 4) is 5.75 Å². The van der Waals surface area contributed by atoms with Gasteiger partial charge < -0.3 is 9.64 Å². The minimum Gasteiger partial charge on any atom is -0.493 e. The predicted octanol–water partition coefficient (Wildman–Crippen LogP) is 3.49. The molecule has 1 aliphatic heterocycles. The molecular formula is C14H19NOS2. The van der Waals surface area contributed by atoms with Gasteiger partial charge in [0.05, 0.1) is 6.61 Å². The van der Waals surface area contributed by atoms with E-state index in [0.29, 0.717) is 6.61 Å². The maximum atomic E-state index is 5.70. The molecule has 2 rings (SSSR count). The van der Waals surface area contributed by atoms with Gasteiger partial charge in [0, 0.05) is 18.8 Å². The molecule has 0 radical (unpaired) electrons. The van der Waals surface area contributed by atoms with Gasteiger partial charge in [0.2, 0.25) is 0 Å². The molecule has 2 nitrogen and oxygen atoms in total. The quantitative estimate of drug-likeness (QED) is 0.618. The van der Waals surface area contributed by atoms with Crippen LogP contribution in [0.4, 0.5) is 0 Å². The fourth-order valence-corrected chi connectivity index (χ4v) is 3.12. The fraction of sp³-hybridized carbons (Fsp3) is 0.500. The van der Waals surface area contributed by atoms with E-state index in [1.54, 1.807) is 11.8 Å². The summed E-state index contributed by atoms with van der Waals surface area (Å²) < 4.78 is 6.73. The van der Waals surface area contributed by atoms with Crippen molar-refractivity contribution in [1.29, 1.82) is 0 Å². The highest BCUT2D eigenvalue weighted by Crippen LogP contribution is 2.17. The van der Waals surface area contributed by atoms with Gasteiger partial charge in [0.25, 0.3) is 0 Å². The van der Waals surface area contributed by atoms with Crippen molar-refractivity contribution >= 4 is 28.3 Å². The summed E-state index contributed by atoms with van der Waals surface area (Å²) >= 11 is 7.13. The van der Waals surface area contributed by atoms with Gasteiger partial charge in [-0.15, -0.1) is 0 Å². The van der Waals surface area contributed by atoms with Crippen LogP contribution in [0, 0.1) is 6.92 Å². The Balaban J connectivity index is 1.65. The zero-order valence-corrected chi connectivity index (χ0v) is 12.4. The van der Waals surface area contributed by atoms with Gasteiger partial charge in [0.15, 0.2) is 0 Å². The standard InChI is InChI=1S/C14H19NOS2/c1-12-5-4-6-13(11-12)16-9-10-18-14(17)15-7-2-3-8-15/h4-6,11H,2-3,7-10H2,1H3. The largest absolute Gasteiger partial charge is 0.493 e. The first kappa shape index (κ1) is 13.7. The maximum Gasteiger partial charge on any atom is 0.136 e. The Kier molecular flexibility index (Phi) is 5.32. The van der Waals surface area contributed by atoms with Crippen molar-refractivity contribution in [2.45, 2.75) is 19.8 Å². The van der Waals surface area contributed by atoms with Gasteiger partial charge in [-0.05, 0) is 37.5 Å². The van der Waals surface area contributed by atoms with Gasteiger partial charge in [-0.2, -0.15) is 0 Å². The topological polar surface area (TPSA) is 12.5 Å². The van der Waals surface area contributed by atoms with Crippen LogP contribution in [0.5, 0.6) is 5.75 Å². The highest BCUT2D eigenvalue weighted by molar-refractivity contribution is 8.22. The van der Waals surface area contributed by atoms with Crippen LogP contribution < -0.4 is 4.74 Å². The first-order chi connectivity index (χ1) is 8.75. The third kappa shape index (κ3) is 4.18. The summed E-state index contributed by atoms with van der Waals surface area (Å²) in [5.41, 5.74) is 1.23. The zero-order chi connectivity index (χ0) is 12.8. The average Bonchev–Trinajstić information content (AvgIpc) is 2.88. The molecule has 4 heteroatoms. The van der Waals surface area contributed by atoms with Crippen molar-refractivity contribution in [2.75, 3.05) is 25.4 Å². The zero-order valence-electron chi connectivity index (χ0n) is 10.7. The van der Waals surface area contributed by atoms with Crippen LogP contribution in [0.2, 0.25) is 0 Å². The van der Waals surface area contributed by atoms with Gasteiger partial charge in [-0.25, -0.2) is 0 Å². The van der Waals surface area contributed by atoms with Crippen LogP contribution in [0.15, 0.2) is 24.3 Å². The van der Waals surface area contributed by atoms with Crippen LogP contribution in [-0.4, -0.2) is 34.7 Å². The Hall–Kier alpha value is -0.740. The Labute approximate surface area is 119 Å². The lowest BCUT2D eigenvalue weighted by Crippen LogP contribution is -2.24. The van der Waals surface area contributed by atoms with Crippen molar-refractivity contribution < 1.29 is 4.74 Å². The molecule has 18 heavy (non-hydrogen) atoms. The lowest BCUT2D eigenvalue weighted by atomic mass is 10.2. The summed E-state index contributed by atoms with van der Waals surface area (Å²) in [7, 11) is 0. The minimum absolute atomic E-state index is 0.710. The van der Waals surface area contributed by atoms with Gasteiger partial charge >= 0.3 is 0 Å². The fourth-order valence-electron chi connectivity index (χ4n) is 1.98. The van der Waals surface area contributed by atoms with E-state index in [2.05, 4.69) is 24.0 Å². The molecule has 1 aliphatic rings. The average molecular weight is 281 g/mol. The smallest absolute Gasteiger partial charge is 0.136 e. The van der Waals surface area contributed by atoms with Crippen molar-refractivity contribution in [2.24, 2.45) is 0 Å². The molecule has 1 fully saturated rings. The van der Waals surface area contributed by atoms with E-state index in [9.17, 15) is 0 Å². The van der Waals surface area contributed by atoms with Crippen molar-refractivity contribution in [3.05, 3.63) is 29.8 Å². The number of thiocarbonyl (C=S) groups is 1. The van der Waals surface area contributed by atoms with Crippen molar-refractivity contribution in [1.82, 2.24) is 4.90 Å². The third-order valence-electron chi connectivity index (χ3n) is 2.93. The molecule has 1 aromatic carbocycles. The number of ether oxygens (including phenoxy) is 1. The van der Waals surface area contributed by atoms with Gasteiger partial charge in [-0.1, -0.05) is 36.1 Å². The van der Waals surface area contributed by atoms with Crippen molar-refractivity contribution in [3.63, 3.8) is 0 Å². The van der Waals surface area contributed by atoms with Gasteiger partial charge in [-0.3, -0.25) is 0 Å². The number of nitrogens with zero attached hydrogens (tertiary/aromatic N) is 1. The summed E-state index contributed by atoms with van der Waals surface area (Å²) in [6, 6.07) is 8.15. The normalized spacial score (nSPS) is 14.8. The molecular weight excluding hydrogens is 262 g/mol. The molecule has 0 aromatic heterocycles. The molecule has 0 aliphatic carbocycles. The third-order valence-corrected chi connectivity index (χ3v) is 4.42. The van der Waals surface area contributed by atoms with Crippen LogP contribution in [0.1, 0.15) is 18.4 Å². The second-order valence-electron chi connectivity index (χ2n) is 4.47. The second kappa shape index (κ2) is 7.00. The van der Waals surface area contributed by atoms with E-state index in [4.69, 9.17) is 17.0 Å². The van der Waals surface area contributed by atoms with Crippen LogP contribution in [0.3, 0.4) is 0 Å². The molecule has 1 saturated heterocycles. The van der Waals surface area contributed by atoms with Crippen LogP contribution in [0.25, 0.3) is 0 Å². The summed E-state index contributed by atoms with van der Waals surface area (Å²) in [6.45, 7) is 5.04.